The lowest BCUT2D eigenvalue weighted by molar-refractivity contribution is -0.145. The van der Waals surface area contributed by atoms with Crippen molar-refractivity contribution in [1.29, 1.82) is 0 Å². The van der Waals surface area contributed by atoms with Gasteiger partial charge < -0.3 is 18.9 Å². The maximum absolute atomic E-state index is 13.5. The van der Waals surface area contributed by atoms with Crippen molar-refractivity contribution in [2.24, 2.45) is 0 Å². The number of carbonyl (C=O) groups is 1. The fourth-order valence-electron chi connectivity index (χ4n) is 4.68. The van der Waals surface area contributed by atoms with Gasteiger partial charge in [-0.3, -0.25) is 4.79 Å². The number of rotatable bonds is 4. The average molecular weight is 448 g/mol. The van der Waals surface area contributed by atoms with Crippen LogP contribution in [0.3, 0.4) is 0 Å². The predicted octanol–water partition coefficient (Wildman–Crippen LogP) is 4.47. The molecule has 0 radical (unpaired) electrons. The van der Waals surface area contributed by atoms with Gasteiger partial charge in [0.05, 0.1) is 50.1 Å². The second-order valence-corrected chi connectivity index (χ2v) is 8.53. The number of methoxy groups -OCH3 is 1. The Bertz CT molecular complexity index is 1200. The summed E-state index contributed by atoms with van der Waals surface area (Å²) in [6, 6.07) is 12.0. The number of hydrogen-bond donors (Lipinski definition) is 0. The summed E-state index contributed by atoms with van der Waals surface area (Å²) in [5, 5.41) is 0. The lowest BCUT2D eigenvalue weighted by Crippen LogP contribution is -2.53. The van der Waals surface area contributed by atoms with Gasteiger partial charge in [0.15, 0.2) is 0 Å². The molecule has 0 aliphatic carbocycles. The zero-order valence-electron chi connectivity index (χ0n) is 18.7. The number of fused-ring (bicyclic) bond motifs is 1. The van der Waals surface area contributed by atoms with E-state index < -0.39 is 0 Å². The second-order valence-electron chi connectivity index (χ2n) is 8.53. The van der Waals surface area contributed by atoms with Crippen molar-refractivity contribution in [3.05, 3.63) is 83.2 Å². The lowest BCUT2D eigenvalue weighted by atomic mass is 9.91. The van der Waals surface area contributed by atoms with E-state index in [4.69, 9.17) is 9.47 Å². The van der Waals surface area contributed by atoms with Crippen LogP contribution in [0.5, 0.6) is 5.75 Å². The Kier molecular flexibility index (Phi) is 5.72. The molecule has 33 heavy (non-hydrogen) atoms. The molecule has 170 valence electrons. The molecular weight excluding hydrogens is 421 g/mol. The Morgan fingerprint density at radius 1 is 1.18 bits per heavy atom. The molecule has 2 atom stereocenters. The number of aromatic nitrogens is 2. The zero-order valence-corrected chi connectivity index (χ0v) is 18.7. The number of amides is 1. The number of hydrogen-bond acceptors (Lipinski definition) is 4. The fourth-order valence-corrected chi connectivity index (χ4v) is 4.68. The van der Waals surface area contributed by atoms with Crippen molar-refractivity contribution in [3.8, 4) is 11.4 Å². The van der Waals surface area contributed by atoms with E-state index in [2.05, 4.69) is 4.98 Å². The molecule has 2 aliphatic heterocycles. The molecule has 6 nitrogen and oxygen atoms in total. The van der Waals surface area contributed by atoms with Gasteiger partial charge in [-0.05, 0) is 61.2 Å². The van der Waals surface area contributed by atoms with E-state index in [-0.39, 0.29) is 23.8 Å². The number of halogens is 1. The molecule has 0 unspecified atom stereocenters. The van der Waals surface area contributed by atoms with E-state index in [9.17, 15) is 9.18 Å². The standard InChI is InChI=1S/C26H26FN3O3/c1-17-13-29(16-28-17)23-10-3-18(12-25(23)32-2)11-20-6-9-22-14-33-15-24(30(22)26(20)31)19-4-7-21(27)8-5-19/h3-5,7-8,10-13,16,22,24H,6,9,14-15H2,1-2H3/b20-11+/t22-,24-/m0/s1. The smallest absolute Gasteiger partial charge is 0.250 e. The van der Waals surface area contributed by atoms with Gasteiger partial charge in [-0.15, -0.1) is 0 Å². The van der Waals surface area contributed by atoms with E-state index in [0.29, 0.717) is 25.4 Å². The van der Waals surface area contributed by atoms with E-state index in [1.807, 2.05) is 46.9 Å². The van der Waals surface area contributed by atoms with Crippen LogP contribution in [-0.2, 0) is 9.53 Å². The molecule has 2 aliphatic rings. The average Bonchev–Trinajstić information content (AvgIpc) is 3.27. The fraction of sp³-hybridized carbons (Fsp3) is 0.308. The minimum absolute atomic E-state index is 0.0113. The molecule has 2 aromatic carbocycles. The molecule has 2 fully saturated rings. The SMILES string of the molecule is COc1cc(/C=C2\CC[C@H]3COC[C@@H](c4ccc(F)cc4)N3C2=O)ccc1-n1cnc(C)c1. The molecule has 0 spiro atoms. The summed E-state index contributed by atoms with van der Waals surface area (Å²) in [5.74, 6) is 0.427. The van der Waals surface area contributed by atoms with E-state index >= 15 is 0 Å². The molecule has 5 rings (SSSR count). The van der Waals surface area contributed by atoms with E-state index in [0.717, 1.165) is 34.5 Å². The molecule has 3 aromatic rings. The maximum atomic E-state index is 13.5. The van der Waals surface area contributed by atoms with Crippen LogP contribution in [-0.4, -0.2) is 46.7 Å². The monoisotopic (exact) mass is 447 g/mol. The largest absolute Gasteiger partial charge is 0.495 e. The first-order valence-corrected chi connectivity index (χ1v) is 11.1. The van der Waals surface area contributed by atoms with Crippen LogP contribution in [0.2, 0.25) is 0 Å². The second kappa shape index (κ2) is 8.83. The molecule has 3 heterocycles. The Morgan fingerprint density at radius 2 is 2.00 bits per heavy atom. The number of carbonyl (C=O) groups excluding carboxylic acids is 1. The Hall–Kier alpha value is -3.45. The van der Waals surface area contributed by atoms with Gasteiger partial charge in [-0.25, -0.2) is 9.37 Å². The number of ether oxygens (including phenoxy) is 2. The van der Waals surface area contributed by atoms with Crippen LogP contribution in [0.25, 0.3) is 11.8 Å². The Balaban J connectivity index is 1.44. The van der Waals surface area contributed by atoms with Crippen LogP contribution in [0, 0.1) is 12.7 Å². The van der Waals surface area contributed by atoms with Crippen LogP contribution in [0.4, 0.5) is 4.39 Å². The minimum atomic E-state index is -0.291. The van der Waals surface area contributed by atoms with E-state index in [1.165, 1.54) is 12.1 Å². The van der Waals surface area contributed by atoms with Crippen LogP contribution in [0.1, 0.15) is 35.7 Å². The minimum Gasteiger partial charge on any atom is -0.495 e. The van der Waals surface area contributed by atoms with Gasteiger partial charge in [0.25, 0.3) is 5.91 Å². The summed E-state index contributed by atoms with van der Waals surface area (Å²) in [6.07, 6.45) is 7.16. The topological polar surface area (TPSA) is 56.6 Å². The Morgan fingerprint density at radius 3 is 2.73 bits per heavy atom. The van der Waals surface area contributed by atoms with Crippen LogP contribution in [0.15, 0.2) is 60.6 Å². The highest BCUT2D eigenvalue weighted by molar-refractivity contribution is 5.99. The van der Waals surface area contributed by atoms with Gasteiger partial charge in [0, 0.05) is 11.8 Å². The van der Waals surface area contributed by atoms with Crippen molar-refractivity contribution in [3.63, 3.8) is 0 Å². The highest BCUT2D eigenvalue weighted by Gasteiger charge is 2.40. The first-order valence-electron chi connectivity index (χ1n) is 11.1. The first-order chi connectivity index (χ1) is 16.0. The van der Waals surface area contributed by atoms with Gasteiger partial charge in [0.2, 0.25) is 0 Å². The zero-order chi connectivity index (χ0) is 22.9. The summed E-state index contributed by atoms with van der Waals surface area (Å²) in [5.41, 5.74) is 4.36. The normalized spacial score (nSPS) is 21.8. The highest BCUT2D eigenvalue weighted by atomic mass is 19.1. The molecule has 0 N–H and O–H groups in total. The van der Waals surface area contributed by atoms with Crippen LogP contribution < -0.4 is 4.74 Å². The van der Waals surface area contributed by atoms with Gasteiger partial charge in [0.1, 0.15) is 11.6 Å². The van der Waals surface area contributed by atoms with Crippen molar-refractivity contribution in [2.45, 2.75) is 31.8 Å². The summed E-state index contributed by atoms with van der Waals surface area (Å²) < 4.78 is 26.8. The van der Waals surface area contributed by atoms with Gasteiger partial charge in [-0.1, -0.05) is 18.2 Å². The summed E-state index contributed by atoms with van der Waals surface area (Å²) in [4.78, 5) is 19.8. The lowest BCUT2D eigenvalue weighted by Gasteiger charge is -2.45. The quantitative estimate of drug-likeness (QED) is 0.554. The van der Waals surface area contributed by atoms with Gasteiger partial charge in [-0.2, -0.15) is 0 Å². The molecule has 0 saturated carbocycles. The highest BCUT2D eigenvalue weighted by Crippen LogP contribution is 2.36. The maximum Gasteiger partial charge on any atom is 0.250 e. The number of imidazole rings is 1. The molecule has 2 saturated heterocycles. The Labute approximate surface area is 192 Å². The van der Waals surface area contributed by atoms with Crippen molar-refractivity contribution in [2.75, 3.05) is 20.3 Å². The molecule has 1 aromatic heterocycles. The number of aryl methyl sites for hydroxylation is 1. The predicted molar refractivity (Wildman–Crippen MR) is 123 cm³/mol. The molecule has 7 heteroatoms. The number of benzene rings is 2. The number of morpholine rings is 1. The van der Waals surface area contributed by atoms with E-state index in [1.54, 1.807) is 25.6 Å². The first kappa shape index (κ1) is 21.4. The third-order valence-electron chi connectivity index (χ3n) is 6.36. The third-order valence-corrected chi connectivity index (χ3v) is 6.36. The van der Waals surface area contributed by atoms with Crippen molar-refractivity contribution in [1.82, 2.24) is 14.5 Å². The van der Waals surface area contributed by atoms with Crippen molar-refractivity contribution >= 4 is 12.0 Å². The number of piperidine rings is 1. The van der Waals surface area contributed by atoms with Gasteiger partial charge >= 0.3 is 0 Å². The molecular formula is C26H26FN3O3. The molecule has 1 amide bonds. The number of nitrogens with zero attached hydrogens (tertiary/aromatic N) is 3. The third kappa shape index (κ3) is 4.16. The molecule has 0 bridgehead atoms. The summed E-state index contributed by atoms with van der Waals surface area (Å²) in [6.45, 7) is 2.88. The van der Waals surface area contributed by atoms with Crippen LogP contribution >= 0.6 is 0 Å². The van der Waals surface area contributed by atoms with Crippen molar-refractivity contribution < 1.29 is 18.7 Å². The summed E-state index contributed by atoms with van der Waals surface area (Å²) >= 11 is 0. The summed E-state index contributed by atoms with van der Waals surface area (Å²) in [7, 11) is 1.64.